The van der Waals surface area contributed by atoms with Crippen LogP contribution < -0.4 is 0 Å². The minimum atomic E-state index is -0.556. The largest absolute Gasteiger partial charge is 2.00 e. The smallest absolute Gasteiger partial charge is 1.00 e. The van der Waals surface area contributed by atoms with Crippen molar-refractivity contribution in [3.05, 3.63) is 34.4 Å². The van der Waals surface area contributed by atoms with Gasteiger partial charge < -0.3 is 7.96 Å². The number of aromatic hydroxyl groups is 1. The van der Waals surface area contributed by atoms with Crippen molar-refractivity contribution in [3.63, 3.8) is 0 Å². The van der Waals surface area contributed by atoms with Gasteiger partial charge in [-0.05, 0) is 6.07 Å². The topological polar surface area (TPSA) is 63.4 Å². The standard InChI is InChI=1S/C6H5NO3.Ca.2H/c8-6-3-1-2-5(4-6)7(9)10;;;/h1-4,8H;;;/q;+2;2*-1. The summed E-state index contributed by atoms with van der Waals surface area (Å²) in [5.74, 6) is -0.0887. The zero-order chi connectivity index (χ0) is 7.56. The fraction of sp³-hybridized carbons (Fsp3) is 0. The van der Waals surface area contributed by atoms with E-state index in [0.29, 0.717) is 0 Å². The van der Waals surface area contributed by atoms with E-state index in [-0.39, 0.29) is 52.0 Å². The Morgan fingerprint density at radius 3 is 2.55 bits per heavy atom. The Hall–Kier alpha value is -0.320. The number of benzene rings is 1. The zero-order valence-electron chi connectivity index (χ0n) is 7.73. The van der Waals surface area contributed by atoms with Gasteiger partial charge in [0, 0.05) is 6.07 Å². The summed E-state index contributed by atoms with van der Waals surface area (Å²) in [7, 11) is 0. The van der Waals surface area contributed by atoms with Crippen molar-refractivity contribution in [1.29, 1.82) is 0 Å². The average Bonchev–Trinajstić information content (AvgIpc) is 1.88. The third-order valence-electron chi connectivity index (χ3n) is 1.04. The summed E-state index contributed by atoms with van der Waals surface area (Å²) in [5.41, 5.74) is -0.0972. The predicted molar refractivity (Wildman–Crippen MR) is 42.7 cm³/mol. The van der Waals surface area contributed by atoms with Crippen LogP contribution in [0.3, 0.4) is 0 Å². The van der Waals surface area contributed by atoms with Gasteiger partial charge in [0.1, 0.15) is 5.75 Å². The molecule has 0 aromatic heterocycles. The molecule has 5 heteroatoms. The van der Waals surface area contributed by atoms with Gasteiger partial charge in [-0.15, -0.1) is 0 Å². The van der Waals surface area contributed by atoms with Crippen LogP contribution in [0.1, 0.15) is 2.85 Å². The number of non-ortho nitro benzene ring substituents is 1. The van der Waals surface area contributed by atoms with Gasteiger partial charge in [-0.3, -0.25) is 10.1 Å². The molecule has 0 spiro atoms. The number of hydrogen-bond acceptors (Lipinski definition) is 3. The van der Waals surface area contributed by atoms with E-state index < -0.39 is 4.92 Å². The molecule has 0 fully saturated rings. The molecule has 0 bridgehead atoms. The van der Waals surface area contributed by atoms with Gasteiger partial charge in [0.2, 0.25) is 0 Å². The van der Waals surface area contributed by atoms with E-state index in [0.717, 1.165) is 6.07 Å². The normalized spacial score (nSPS) is 8.36. The number of nitrogens with zero attached hydrogens (tertiary/aromatic N) is 1. The van der Waals surface area contributed by atoms with E-state index in [9.17, 15) is 10.1 Å². The third kappa shape index (κ3) is 3.05. The van der Waals surface area contributed by atoms with Crippen LogP contribution in [-0.2, 0) is 0 Å². The van der Waals surface area contributed by atoms with Crippen LogP contribution in [0, 0.1) is 10.1 Å². The second kappa shape index (κ2) is 4.54. The van der Waals surface area contributed by atoms with Crippen LogP contribution in [0.2, 0.25) is 0 Å². The number of phenols is 1. The van der Waals surface area contributed by atoms with E-state index in [1.165, 1.54) is 18.2 Å². The van der Waals surface area contributed by atoms with Crippen LogP contribution in [-0.4, -0.2) is 47.8 Å². The molecule has 0 saturated heterocycles. The van der Waals surface area contributed by atoms with Gasteiger partial charge in [0.25, 0.3) is 5.69 Å². The van der Waals surface area contributed by atoms with Crippen molar-refractivity contribution in [3.8, 4) is 5.75 Å². The summed E-state index contributed by atoms with van der Waals surface area (Å²) in [4.78, 5) is 9.49. The summed E-state index contributed by atoms with van der Waals surface area (Å²) >= 11 is 0. The van der Waals surface area contributed by atoms with E-state index in [2.05, 4.69) is 0 Å². The van der Waals surface area contributed by atoms with E-state index in [4.69, 9.17) is 5.11 Å². The first-order valence-corrected chi connectivity index (χ1v) is 2.63. The van der Waals surface area contributed by atoms with Crippen molar-refractivity contribution in [2.45, 2.75) is 0 Å². The summed E-state index contributed by atoms with van der Waals surface area (Å²) in [6, 6.07) is 5.22. The van der Waals surface area contributed by atoms with Crippen molar-refractivity contribution >= 4 is 43.4 Å². The van der Waals surface area contributed by atoms with Crippen LogP contribution in [0.25, 0.3) is 0 Å². The molecule has 11 heavy (non-hydrogen) atoms. The van der Waals surface area contributed by atoms with Gasteiger partial charge in [-0.1, -0.05) is 6.07 Å². The van der Waals surface area contributed by atoms with Crippen LogP contribution in [0.5, 0.6) is 5.75 Å². The molecule has 0 aliphatic heterocycles. The molecule has 0 aliphatic carbocycles. The fourth-order valence-electron chi connectivity index (χ4n) is 0.607. The number of nitro groups is 1. The predicted octanol–water partition coefficient (Wildman–Crippen LogP) is 1.14. The van der Waals surface area contributed by atoms with Gasteiger partial charge in [-0.2, -0.15) is 0 Å². The summed E-state index contributed by atoms with van der Waals surface area (Å²) in [5, 5.41) is 18.8. The Kier molecular flexibility index (Phi) is 4.40. The molecule has 0 saturated carbocycles. The molecule has 1 aromatic rings. The van der Waals surface area contributed by atoms with E-state index in [1.807, 2.05) is 0 Å². The number of hydrogen-bond donors (Lipinski definition) is 1. The summed E-state index contributed by atoms with van der Waals surface area (Å²) < 4.78 is 0. The second-order valence-corrected chi connectivity index (χ2v) is 1.78. The third-order valence-corrected chi connectivity index (χ3v) is 1.04. The van der Waals surface area contributed by atoms with E-state index >= 15 is 0 Å². The van der Waals surface area contributed by atoms with Gasteiger partial charge >= 0.3 is 37.7 Å². The molecule has 56 valence electrons. The Bertz CT molecular complexity index is 272. The van der Waals surface area contributed by atoms with Gasteiger partial charge in [0.15, 0.2) is 0 Å². The first kappa shape index (κ1) is 10.7. The average molecular weight is 181 g/mol. The van der Waals surface area contributed by atoms with Crippen LogP contribution >= 0.6 is 0 Å². The van der Waals surface area contributed by atoms with Crippen molar-refractivity contribution in [2.24, 2.45) is 0 Å². The maximum absolute atomic E-state index is 10.0. The monoisotopic (exact) mass is 181 g/mol. The molecule has 0 atom stereocenters. The first-order valence-electron chi connectivity index (χ1n) is 2.63. The minimum absolute atomic E-state index is 0. The molecule has 0 amide bonds. The van der Waals surface area contributed by atoms with E-state index in [1.54, 1.807) is 0 Å². The summed E-state index contributed by atoms with van der Waals surface area (Å²) in [6.07, 6.45) is 0. The van der Waals surface area contributed by atoms with Crippen molar-refractivity contribution < 1.29 is 12.9 Å². The number of phenolic OH excluding ortho intramolecular Hbond substituents is 1. The van der Waals surface area contributed by atoms with Crippen LogP contribution in [0.4, 0.5) is 5.69 Å². The van der Waals surface area contributed by atoms with Gasteiger partial charge in [-0.25, -0.2) is 0 Å². The molecular formula is C6H7CaNO3. The molecule has 1 aromatic carbocycles. The summed E-state index contributed by atoms with van der Waals surface area (Å²) in [6.45, 7) is 0. The second-order valence-electron chi connectivity index (χ2n) is 1.78. The number of nitro benzene ring substituents is 1. The van der Waals surface area contributed by atoms with Crippen LogP contribution in [0.15, 0.2) is 24.3 Å². The first-order chi connectivity index (χ1) is 4.70. The molecule has 1 rings (SSSR count). The Balaban J connectivity index is -0.000000333. The van der Waals surface area contributed by atoms with Crippen molar-refractivity contribution in [1.82, 2.24) is 0 Å². The zero-order valence-corrected chi connectivity index (χ0v) is 7.94. The Morgan fingerprint density at radius 2 is 2.18 bits per heavy atom. The fourth-order valence-corrected chi connectivity index (χ4v) is 0.607. The molecular weight excluding hydrogens is 174 g/mol. The van der Waals surface area contributed by atoms with Crippen molar-refractivity contribution in [2.75, 3.05) is 0 Å². The maximum atomic E-state index is 10.0. The Labute approximate surface area is 96.0 Å². The Morgan fingerprint density at radius 1 is 1.55 bits per heavy atom. The van der Waals surface area contributed by atoms with Gasteiger partial charge in [0.05, 0.1) is 11.0 Å². The SMILES string of the molecule is O=[N+]([O-])c1cccc(O)c1.[Ca+2].[H-].[H-]. The molecule has 1 N–H and O–H groups in total. The molecule has 0 heterocycles. The minimum Gasteiger partial charge on any atom is -1.00 e. The maximum Gasteiger partial charge on any atom is 2.00 e. The molecule has 4 nitrogen and oxygen atoms in total. The number of rotatable bonds is 1. The molecule has 0 unspecified atom stereocenters. The molecule has 0 aliphatic rings. The molecule has 0 radical (unpaired) electrons. The quantitative estimate of drug-likeness (QED) is 0.401.